The fraction of sp³-hybridized carbons (Fsp3) is 0.545. The lowest BCUT2D eigenvalue weighted by Gasteiger charge is -2.16. The Morgan fingerprint density at radius 2 is 2.11 bits per heavy atom. The van der Waals surface area contributed by atoms with E-state index in [-0.39, 0.29) is 16.5 Å². The number of rotatable bonds is 6. The van der Waals surface area contributed by atoms with Crippen LogP contribution < -0.4 is 4.72 Å². The van der Waals surface area contributed by atoms with Crippen LogP contribution in [0.2, 0.25) is 0 Å². The molecule has 1 aromatic heterocycles. The molecule has 0 aliphatic heterocycles. The third kappa shape index (κ3) is 4.55. The van der Waals surface area contributed by atoms with Gasteiger partial charge in [0.1, 0.15) is 10.3 Å². The number of sulfonamides is 1. The van der Waals surface area contributed by atoms with Crippen molar-refractivity contribution in [2.24, 2.45) is 5.92 Å². The summed E-state index contributed by atoms with van der Waals surface area (Å²) in [5, 5.41) is 9.07. The molecule has 0 spiro atoms. The summed E-state index contributed by atoms with van der Waals surface area (Å²) >= 11 is 4.28. The van der Waals surface area contributed by atoms with Crippen LogP contribution in [-0.2, 0) is 14.8 Å². The van der Waals surface area contributed by atoms with Crippen LogP contribution >= 0.6 is 27.3 Å². The van der Waals surface area contributed by atoms with Gasteiger partial charge in [0, 0.05) is 9.35 Å². The Kier molecular flexibility index (Phi) is 5.54. The maximum absolute atomic E-state index is 12.2. The smallest absolute Gasteiger partial charge is 0.321 e. The number of carbonyl (C=O) groups is 1. The molecule has 5 nitrogen and oxygen atoms in total. The summed E-state index contributed by atoms with van der Waals surface area (Å²) in [5.74, 6) is -1.08. The summed E-state index contributed by atoms with van der Waals surface area (Å²) in [5.41, 5.74) is 0. The Labute approximate surface area is 125 Å². The van der Waals surface area contributed by atoms with E-state index in [0.29, 0.717) is 4.47 Å². The average molecular weight is 370 g/mol. The summed E-state index contributed by atoms with van der Waals surface area (Å²) < 4.78 is 27.2. The van der Waals surface area contributed by atoms with E-state index in [9.17, 15) is 13.2 Å². The van der Waals surface area contributed by atoms with Crippen molar-refractivity contribution in [3.05, 3.63) is 15.4 Å². The predicted molar refractivity (Wildman–Crippen MR) is 78.0 cm³/mol. The number of hydrogen-bond donors (Lipinski definition) is 2. The molecule has 0 saturated carbocycles. The van der Waals surface area contributed by atoms with Crippen LogP contribution in [-0.4, -0.2) is 25.5 Å². The molecule has 0 aromatic carbocycles. The van der Waals surface area contributed by atoms with Crippen LogP contribution in [0.1, 0.15) is 25.1 Å². The second-order valence-corrected chi connectivity index (χ2v) is 8.65. The van der Waals surface area contributed by atoms with Gasteiger partial charge in [0.05, 0.1) is 0 Å². The maximum atomic E-state index is 12.2. The first kappa shape index (κ1) is 16.6. The molecule has 0 aliphatic carbocycles. The Bertz CT molecular complexity index is 565. The summed E-state index contributed by atoms with van der Waals surface area (Å²) in [4.78, 5) is 11.9. The third-order valence-corrected chi connectivity index (χ3v) is 6.53. The topological polar surface area (TPSA) is 83.5 Å². The van der Waals surface area contributed by atoms with Crippen LogP contribution in [0.15, 0.2) is 14.7 Å². The van der Waals surface area contributed by atoms with Crippen molar-refractivity contribution in [3.63, 3.8) is 0 Å². The molecule has 8 heteroatoms. The highest BCUT2D eigenvalue weighted by atomic mass is 79.9. The SMILES string of the molecule is Cc1cc(Br)c(S(=O)(=O)NC(CC(C)C)C(=O)O)s1. The molecule has 1 heterocycles. The summed E-state index contributed by atoms with van der Waals surface area (Å²) in [6, 6.07) is 0.580. The minimum absolute atomic E-state index is 0.0808. The summed E-state index contributed by atoms with van der Waals surface area (Å²) in [7, 11) is -3.82. The normalized spacial score (nSPS) is 13.7. The van der Waals surface area contributed by atoms with Gasteiger partial charge in [-0.15, -0.1) is 11.3 Å². The Morgan fingerprint density at radius 3 is 2.47 bits per heavy atom. The molecule has 2 N–H and O–H groups in total. The molecule has 108 valence electrons. The number of halogens is 1. The van der Waals surface area contributed by atoms with Gasteiger partial charge in [-0.05, 0) is 41.3 Å². The Hall–Kier alpha value is -0.440. The van der Waals surface area contributed by atoms with Crippen molar-refractivity contribution in [2.75, 3.05) is 0 Å². The molecule has 0 amide bonds. The second-order valence-electron chi connectivity index (χ2n) is 4.63. The molecule has 1 atom stereocenters. The highest BCUT2D eigenvalue weighted by Gasteiger charge is 2.28. The fourth-order valence-electron chi connectivity index (χ4n) is 1.56. The van der Waals surface area contributed by atoms with Crippen LogP contribution in [0.4, 0.5) is 0 Å². The third-order valence-electron chi connectivity index (χ3n) is 2.33. The van der Waals surface area contributed by atoms with Gasteiger partial charge >= 0.3 is 5.97 Å². The number of aryl methyl sites for hydroxylation is 1. The molecular weight excluding hydrogens is 354 g/mol. The molecule has 1 rings (SSSR count). The van der Waals surface area contributed by atoms with Crippen molar-refractivity contribution >= 4 is 43.3 Å². The van der Waals surface area contributed by atoms with Gasteiger partial charge in [-0.3, -0.25) is 4.79 Å². The van der Waals surface area contributed by atoms with Crippen molar-refractivity contribution < 1.29 is 18.3 Å². The fourth-order valence-corrected chi connectivity index (χ4v) is 5.53. The largest absolute Gasteiger partial charge is 0.480 e. The lowest BCUT2D eigenvalue weighted by molar-refractivity contribution is -0.139. The second kappa shape index (κ2) is 6.34. The van der Waals surface area contributed by atoms with Gasteiger partial charge in [0.15, 0.2) is 0 Å². The van der Waals surface area contributed by atoms with Crippen molar-refractivity contribution in [2.45, 2.75) is 37.4 Å². The van der Waals surface area contributed by atoms with E-state index in [0.717, 1.165) is 16.2 Å². The van der Waals surface area contributed by atoms with Crippen molar-refractivity contribution in [1.82, 2.24) is 4.72 Å². The predicted octanol–water partition coefficient (Wildman–Crippen LogP) is 2.60. The monoisotopic (exact) mass is 369 g/mol. The number of thiophene rings is 1. The minimum atomic E-state index is -3.82. The first-order chi connectivity index (χ1) is 8.63. The first-order valence-electron chi connectivity index (χ1n) is 5.64. The first-order valence-corrected chi connectivity index (χ1v) is 8.74. The number of hydrogen-bond acceptors (Lipinski definition) is 4. The van der Waals surface area contributed by atoms with E-state index >= 15 is 0 Å². The van der Waals surface area contributed by atoms with Gasteiger partial charge < -0.3 is 5.11 Å². The van der Waals surface area contributed by atoms with Gasteiger partial charge in [0.25, 0.3) is 10.0 Å². The quantitative estimate of drug-likeness (QED) is 0.806. The van der Waals surface area contributed by atoms with Gasteiger partial charge in [-0.2, -0.15) is 4.72 Å². The Balaban J connectivity index is 3.01. The molecule has 0 radical (unpaired) electrons. The highest BCUT2D eigenvalue weighted by Crippen LogP contribution is 2.31. The Morgan fingerprint density at radius 1 is 1.53 bits per heavy atom. The van der Waals surface area contributed by atoms with Crippen molar-refractivity contribution in [3.8, 4) is 0 Å². The number of aliphatic carboxylic acids is 1. The van der Waals surface area contributed by atoms with E-state index < -0.39 is 22.0 Å². The molecule has 0 bridgehead atoms. The standard InChI is InChI=1S/C11H16BrNO4S2/c1-6(2)4-9(10(14)15)13-19(16,17)11-8(12)5-7(3)18-11/h5-6,9,13H,4H2,1-3H3,(H,14,15). The van der Waals surface area contributed by atoms with Gasteiger partial charge in [-0.1, -0.05) is 13.8 Å². The molecule has 1 unspecified atom stereocenters. The molecule has 0 aliphatic rings. The molecular formula is C11H16BrNO4S2. The number of carboxylic acid groups (broad SMARTS) is 1. The number of carboxylic acids is 1. The van der Waals surface area contributed by atoms with Crippen LogP contribution in [0.5, 0.6) is 0 Å². The highest BCUT2D eigenvalue weighted by molar-refractivity contribution is 9.10. The summed E-state index contributed by atoms with van der Waals surface area (Å²) in [6.45, 7) is 5.47. The van der Waals surface area contributed by atoms with Gasteiger partial charge in [-0.25, -0.2) is 8.42 Å². The van der Waals surface area contributed by atoms with E-state index in [4.69, 9.17) is 5.11 Å². The number of nitrogens with one attached hydrogen (secondary N) is 1. The maximum Gasteiger partial charge on any atom is 0.321 e. The summed E-state index contributed by atoms with van der Waals surface area (Å²) in [6.07, 6.45) is 0.247. The zero-order valence-electron chi connectivity index (χ0n) is 10.8. The van der Waals surface area contributed by atoms with Gasteiger partial charge in [0.2, 0.25) is 0 Å². The van der Waals surface area contributed by atoms with E-state index in [1.54, 1.807) is 13.0 Å². The van der Waals surface area contributed by atoms with Crippen LogP contribution in [0, 0.1) is 12.8 Å². The van der Waals surface area contributed by atoms with E-state index in [2.05, 4.69) is 20.7 Å². The zero-order chi connectivity index (χ0) is 14.8. The lowest BCUT2D eigenvalue weighted by atomic mass is 10.1. The zero-order valence-corrected chi connectivity index (χ0v) is 14.0. The van der Waals surface area contributed by atoms with E-state index in [1.807, 2.05) is 13.8 Å². The molecule has 0 saturated heterocycles. The van der Waals surface area contributed by atoms with Crippen LogP contribution in [0.3, 0.4) is 0 Å². The van der Waals surface area contributed by atoms with E-state index in [1.165, 1.54) is 0 Å². The van der Waals surface area contributed by atoms with Crippen LogP contribution in [0.25, 0.3) is 0 Å². The minimum Gasteiger partial charge on any atom is -0.480 e. The molecule has 1 aromatic rings. The lowest BCUT2D eigenvalue weighted by Crippen LogP contribution is -2.41. The molecule has 19 heavy (non-hydrogen) atoms. The molecule has 0 fully saturated rings. The average Bonchev–Trinajstić information content (AvgIpc) is 2.56. The van der Waals surface area contributed by atoms with Crippen molar-refractivity contribution in [1.29, 1.82) is 0 Å².